The second-order valence-corrected chi connectivity index (χ2v) is 7.03. The summed E-state index contributed by atoms with van der Waals surface area (Å²) in [6, 6.07) is 14.4. The Morgan fingerprint density at radius 3 is 2.54 bits per heavy atom. The van der Waals surface area contributed by atoms with E-state index in [1.54, 1.807) is 11.8 Å². The van der Waals surface area contributed by atoms with E-state index >= 15 is 0 Å². The molecule has 0 saturated heterocycles. The number of nitrogens with zero attached hydrogens (tertiary/aromatic N) is 1. The molecule has 0 aliphatic heterocycles. The molecule has 0 atom stereocenters. The van der Waals surface area contributed by atoms with Crippen LogP contribution in [0, 0.1) is 13.8 Å². The van der Waals surface area contributed by atoms with E-state index in [9.17, 15) is 4.79 Å². The molecule has 1 aromatic heterocycles. The smallest absolute Gasteiger partial charge is 0.234 e. The van der Waals surface area contributed by atoms with Crippen LogP contribution in [0.1, 0.15) is 18.1 Å². The van der Waals surface area contributed by atoms with E-state index < -0.39 is 0 Å². The average molecular weight is 338 g/mol. The number of nitrogens with one attached hydrogen (secondary N) is 1. The predicted molar refractivity (Wildman–Crippen MR) is 103 cm³/mol. The lowest BCUT2D eigenvalue weighted by Gasteiger charge is -2.07. The van der Waals surface area contributed by atoms with E-state index in [2.05, 4.69) is 47.3 Å². The van der Waals surface area contributed by atoms with Crippen LogP contribution in [0.5, 0.6) is 0 Å². The number of carbonyl (C=O) groups is 1. The molecule has 0 radical (unpaired) electrons. The normalized spacial score (nSPS) is 11.0. The zero-order chi connectivity index (χ0) is 17.1. The summed E-state index contributed by atoms with van der Waals surface area (Å²) in [5.41, 5.74) is 4.40. The highest BCUT2D eigenvalue weighted by atomic mass is 32.2. The van der Waals surface area contributed by atoms with Crippen LogP contribution in [0.25, 0.3) is 10.9 Å². The molecule has 2 aromatic carbocycles. The van der Waals surface area contributed by atoms with Gasteiger partial charge in [-0.1, -0.05) is 24.3 Å². The largest absolute Gasteiger partial charge is 0.347 e. The number of fused-ring (bicyclic) bond motifs is 1. The fourth-order valence-corrected chi connectivity index (χ4v) is 3.87. The first-order chi connectivity index (χ1) is 11.6. The fraction of sp³-hybridized carbons (Fsp3) is 0.250. The molecule has 0 fully saturated rings. The molecule has 0 bridgehead atoms. The lowest BCUT2D eigenvalue weighted by atomic mass is 10.1. The van der Waals surface area contributed by atoms with Gasteiger partial charge < -0.3 is 9.88 Å². The first-order valence-corrected chi connectivity index (χ1v) is 9.14. The maximum absolute atomic E-state index is 12.3. The van der Waals surface area contributed by atoms with Gasteiger partial charge in [-0.25, -0.2) is 0 Å². The minimum absolute atomic E-state index is 0.0262. The Bertz CT molecular complexity index is 862. The first-order valence-electron chi connectivity index (χ1n) is 8.15. The number of thioether (sulfide) groups is 1. The number of hydrogen-bond acceptors (Lipinski definition) is 2. The van der Waals surface area contributed by atoms with E-state index in [0.29, 0.717) is 5.75 Å². The number of amides is 1. The highest BCUT2D eigenvalue weighted by Crippen LogP contribution is 2.30. The molecule has 1 amide bonds. The summed E-state index contributed by atoms with van der Waals surface area (Å²) >= 11 is 1.59. The standard InChI is InChI=1S/C20H22N2OS/c1-4-22-12-19(17-7-5-6-8-18(17)22)24-13-20(23)21-16-10-14(2)9-15(3)11-16/h5-12H,4,13H2,1-3H3,(H,21,23). The Morgan fingerprint density at radius 2 is 1.83 bits per heavy atom. The van der Waals surface area contributed by atoms with Gasteiger partial charge in [0, 0.05) is 34.2 Å². The Morgan fingerprint density at radius 1 is 1.12 bits per heavy atom. The molecule has 3 aromatic rings. The van der Waals surface area contributed by atoms with E-state index in [0.717, 1.165) is 28.3 Å². The molecule has 3 rings (SSSR count). The van der Waals surface area contributed by atoms with Crippen molar-refractivity contribution in [3.8, 4) is 0 Å². The molecule has 3 nitrogen and oxygen atoms in total. The summed E-state index contributed by atoms with van der Waals surface area (Å²) < 4.78 is 2.22. The zero-order valence-corrected chi connectivity index (χ0v) is 15.1. The van der Waals surface area contributed by atoms with Crippen molar-refractivity contribution in [2.45, 2.75) is 32.2 Å². The van der Waals surface area contributed by atoms with Crippen molar-refractivity contribution in [3.63, 3.8) is 0 Å². The minimum atomic E-state index is 0.0262. The average Bonchev–Trinajstić information content (AvgIpc) is 2.90. The lowest BCUT2D eigenvalue weighted by Crippen LogP contribution is -2.14. The van der Waals surface area contributed by atoms with Crippen molar-refractivity contribution in [3.05, 3.63) is 59.8 Å². The van der Waals surface area contributed by atoms with Gasteiger partial charge >= 0.3 is 0 Å². The van der Waals surface area contributed by atoms with Crippen LogP contribution in [0.2, 0.25) is 0 Å². The number of hydrogen-bond donors (Lipinski definition) is 1. The van der Waals surface area contributed by atoms with Crippen LogP contribution >= 0.6 is 11.8 Å². The molecule has 24 heavy (non-hydrogen) atoms. The van der Waals surface area contributed by atoms with Crippen molar-refractivity contribution in [1.29, 1.82) is 0 Å². The van der Waals surface area contributed by atoms with Crippen molar-refractivity contribution >= 4 is 34.3 Å². The van der Waals surface area contributed by atoms with Crippen LogP contribution in [-0.2, 0) is 11.3 Å². The van der Waals surface area contributed by atoms with Gasteiger partial charge in [-0.15, -0.1) is 11.8 Å². The maximum Gasteiger partial charge on any atom is 0.234 e. The number of aryl methyl sites for hydroxylation is 3. The molecule has 0 aliphatic carbocycles. The molecule has 0 saturated carbocycles. The summed E-state index contributed by atoms with van der Waals surface area (Å²) in [6.07, 6.45) is 2.14. The zero-order valence-electron chi connectivity index (χ0n) is 14.3. The van der Waals surface area contributed by atoms with Gasteiger partial charge in [-0.05, 0) is 50.1 Å². The topological polar surface area (TPSA) is 34.0 Å². The van der Waals surface area contributed by atoms with Crippen molar-refractivity contribution in [2.75, 3.05) is 11.1 Å². The van der Waals surface area contributed by atoms with Crippen molar-refractivity contribution < 1.29 is 4.79 Å². The van der Waals surface area contributed by atoms with E-state index in [-0.39, 0.29) is 5.91 Å². The van der Waals surface area contributed by atoms with Gasteiger partial charge in [0.25, 0.3) is 0 Å². The first kappa shape index (κ1) is 16.7. The summed E-state index contributed by atoms with van der Waals surface area (Å²) in [4.78, 5) is 13.4. The molecule has 1 N–H and O–H groups in total. The Labute approximate surface area is 147 Å². The molecular formula is C20H22N2OS. The van der Waals surface area contributed by atoms with Crippen LogP contribution in [0.15, 0.2) is 53.6 Å². The third-order valence-corrected chi connectivity index (χ3v) is 5.00. The summed E-state index contributed by atoms with van der Waals surface area (Å²) in [5.74, 6) is 0.434. The van der Waals surface area contributed by atoms with Crippen LogP contribution in [0.4, 0.5) is 5.69 Å². The summed E-state index contributed by atoms with van der Waals surface area (Å²) in [6.45, 7) is 7.14. The van der Waals surface area contributed by atoms with E-state index in [1.807, 2.05) is 32.0 Å². The molecular weight excluding hydrogens is 316 g/mol. The van der Waals surface area contributed by atoms with Crippen molar-refractivity contribution in [2.24, 2.45) is 0 Å². The number of benzene rings is 2. The predicted octanol–water partition coefficient (Wildman–Crippen LogP) is 5.01. The Hall–Kier alpha value is -2.20. The van der Waals surface area contributed by atoms with E-state index in [4.69, 9.17) is 0 Å². The van der Waals surface area contributed by atoms with E-state index in [1.165, 1.54) is 10.9 Å². The van der Waals surface area contributed by atoms with Gasteiger partial charge in [-0.3, -0.25) is 4.79 Å². The lowest BCUT2D eigenvalue weighted by molar-refractivity contribution is -0.113. The number of para-hydroxylation sites is 1. The van der Waals surface area contributed by atoms with Crippen LogP contribution < -0.4 is 5.32 Å². The van der Waals surface area contributed by atoms with Crippen LogP contribution in [-0.4, -0.2) is 16.2 Å². The molecule has 0 aliphatic rings. The third-order valence-electron chi connectivity index (χ3n) is 3.96. The molecule has 4 heteroatoms. The van der Waals surface area contributed by atoms with Gasteiger partial charge in [0.05, 0.1) is 5.75 Å². The van der Waals surface area contributed by atoms with Gasteiger partial charge in [0.15, 0.2) is 0 Å². The number of carbonyl (C=O) groups excluding carboxylic acids is 1. The quantitative estimate of drug-likeness (QED) is 0.664. The number of aromatic nitrogens is 1. The maximum atomic E-state index is 12.3. The Balaban J connectivity index is 1.70. The summed E-state index contributed by atoms with van der Waals surface area (Å²) in [5, 5.41) is 4.21. The SMILES string of the molecule is CCn1cc(SCC(=O)Nc2cc(C)cc(C)c2)c2ccccc21. The monoisotopic (exact) mass is 338 g/mol. The van der Waals surface area contributed by atoms with Gasteiger partial charge in [0.1, 0.15) is 0 Å². The number of anilines is 1. The molecule has 0 unspecified atom stereocenters. The van der Waals surface area contributed by atoms with Gasteiger partial charge in [-0.2, -0.15) is 0 Å². The molecule has 1 heterocycles. The highest BCUT2D eigenvalue weighted by Gasteiger charge is 2.10. The highest BCUT2D eigenvalue weighted by molar-refractivity contribution is 8.00. The second-order valence-electron chi connectivity index (χ2n) is 6.01. The van der Waals surface area contributed by atoms with Crippen molar-refractivity contribution in [1.82, 2.24) is 4.57 Å². The second kappa shape index (κ2) is 7.14. The number of rotatable bonds is 5. The van der Waals surface area contributed by atoms with Crippen LogP contribution in [0.3, 0.4) is 0 Å². The minimum Gasteiger partial charge on any atom is -0.347 e. The molecule has 0 spiro atoms. The Kier molecular flexibility index (Phi) is 4.95. The molecule has 124 valence electrons. The van der Waals surface area contributed by atoms with Gasteiger partial charge in [0.2, 0.25) is 5.91 Å². The fourth-order valence-electron chi connectivity index (χ4n) is 2.98. The third kappa shape index (κ3) is 3.65. The summed E-state index contributed by atoms with van der Waals surface area (Å²) in [7, 11) is 0.